The maximum absolute atomic E-state index is 12.1. The lowest BCUT2D eigenvalue weighted by Gasteiger charge is -2.16. The largest absolute Gasteiger partial charge is 0.496 e. The number of methoxy groups -OCH3 is 2. The standard InChI is InChI=1S/C17H21IN2O4/c1-6-19-17(21)15-14(18)16(24-20-15)11-7-10(9(2)3)12(22-4)8-13(11)23-5/h7-9H,6H2,1-5H3,(H,19,21). The van der Waals surface area contributed by atoms with Crippen molar-refractivity contribution < 1.29 is 18.8 Å². The molecule has 2 rings (SSSR count). The van der Waals surface area contributed by atoms with Gasteiger partial charge in [0.2, 0.25) is 0 Å². The van der Waals surface area contributed by atoms with Gasteiger partial charge in [-0.25, -0.2) is 0 Å². The third-order valence-electron chi connectivity index (χ3n) is 3.61. The molecule has 0 radical (unpaired) electrons. The number of hydrogen-bond donors (Lipinski definition) is 1. The molecule has 0 aliphatic rings. The van der Waals surface area contributed by atoms with Gasteiger partial charge in [-0.3, -0.25) is 4.79 Å². The molecule has 0 unspecified atom stereocenters. The van der Waals surface area contributed by atoms with Crippen LogP contribution in [-0.4, -0.2) is 31.8 Å². The molecular weight excluding hydrogens is 423 g/mol. The highest BCUT2D eigenvalue weighted by atomic mass is 127. The van der Waals surface area contributed by atoms with Gasteiger partial charge in [0.05, 0.1) is 23.4 Å². The fourth-order valence-electron chi connectivity index (χ4n) is 2.38. The van der Waals surface area contributed by atoms with Crippen LogP contribution in [0.15, 0.2) is 16.7 Å². The molecular formula is C17H21IN2O4. The molecule has 130 valence electrons. The Bertz CT molecular complexity index is 740. The van der Waals surface area contributed by atoms with Crippen molar-refractivity contribution in [3.05, 3.63) is 27.0 Å². The molecule has 6 nitrogen and oxygen atoms in total. The molecule has 1 aromatic heterocycles. The molecule has 1 heterocycles. The first-order chi connectivity index (χ1) is 11.4. The van der Waals surface area contributed by atoms with E-state index in [-0.39, 0.29) is 17.5 Å². The third kappa shape index (κ3) is 3.50. The van der Waals surface area contributed by atoms with Crippen molar-refractivity contribution in [1.82, 2.24) is 10.5 Å². The van der Waals surface area contributed by atoms with Gasteiger partial charge in [0, 0.05) is 12.6 Å². The van der Waals surface area contributed by atoms with Gasteiger partial charge in [-0.1, -0.05) is 19.0 Å². The van der Waals surface area contributed by atoms with E-state index in [2.05, 4.69) is 46.9 Å². The molecule has 24 heavy (non-hydrogen) atoms. The molecule has 0 saturated carbocycles. The predicted octanol–water partition coefficient (Wildman–Crippen LogP) is 3.84. The zero-order chi connectivity index (χ0) is 17.9. The summed E-state index contributed by atoms with van der Waals surface area (Å²) in [6.45, 7) is 6.55. The van der Waals surface area contributed by atoms with Crippen LogP contribution in [0.25, 0.3) is 11.3 Å². The summed E-state index contributed by atoms with van der Waals surface area (Å²) in [5.41, 5.74) is 2.05. The number of hydrogen-bond acceptors (Lipinski definition) is 5. The van der Waals surface area contributed by atoms with Crippen LogP contribution in [0.5, 0.6) is 11.5 Å². The summed E-state index contributed by atoms with van der Waals surface area (Å²) in [4.78, 5) is 12.1. The van der Waals surface area contributed by atoms with Crippen molar-refractivity contribution in [2.45, 2.75) is 26.7 Å². The van der Waals surface area contributed by atoms with E-state index in [0.717, 1.165) is 16.9 Å². The van der Waals surface area contributed by atoms with Crippen molar-refractivity contribution in [3.63, 3.8) is 0 Å². The first-order valence-corrected chi connectivity index (χ1v) is 8.72. The van der Waals surface area contributed by atoms with Gasteiger partial charge in [-0.2, -0.15) is 0 Å². The molecule has 0 aliphatic carbocycles. The maximum Gasteiger partial charge on any atom is 0.274 e. The highest BCUT2D eigenvalue weighted by Gasteiger charge is 2.24. The van der Waals surface area contributed by atoms with Crippen molar-refractivity contribution in [1.29, 1.82) is 0 Å². The minimum atomic E-state index is -0.256. The van der Waals surface area contributed by atoms with Gasteiger partial charge in [0.25, 0.3) is 5.91 Å². The van der Waals surface area contributed by atoms with Gasteiger partial charge in [-0.15, -0.1) is 0 Å². The zero-order valence-electron chi connectivity index (χ0n) is 14.4. The zero-order valence-corrected chi connectivity index (χ0v) is 16.6. The van der Waals surface area contributed by atoms with E-state index < -0.39 is 0 Å². The average Bonchev–Trinajstić information content (AvgIpc) is 2.95. The van der Waals surface area contributed by atoms with Gasteiger partial charge in [0.15, 0.2) is 11.5 Å². The average molecular weight is 444 g/mol. The van der Waals surface area contributed by atoms with Crippen LogP contribution in [0.3, 0.4) is 0 Å². The number of carbonyl (C=O) groups is 1. The summed E-state index contributed by atoms with van der Waals surface area (Å²) >= 11 is 2.07. The summed E-state index contributed by atoms with van der Waals surface area (Å²) < 4.78 is 17.0. The number of ether oxygens (including phenoxy) is 2. The van der Waals surface area contributed by atoms with Crippen molar-refractivity contribution in [2.75, 3.05) is 20.8 Å². The predicted molar refractivity (Wildman–Crippen MR) is 99.9 cm³/mol. The number of carbonyl (C=O) groups excluding carboxylic acids is 1. The Labute approximate surface area is 155 Å². The second-order valence-electron chi connectivity index (χ2n) is 5.48. The Kier molecular flexibility index (Phi) is 6.09. The van der Waals surface area contributed by atoms with E-state index in [1.807, 2.05) is 19.1 Å². The molecule has 0 atom stereocenters. The Balaban J connectivity index is 2.60. The lowest BCUT2D eigenvalue weighted by molar-refractivity contribution is 0.0946. The lowest BCUT2D eigenvalue weighted by atomic mass is 9.97. The summed E-state index contributed by atoms with van der Waals surface area (Å²) in [6, 6.07) is 3.79. The number of nitrogens with zero attached hydrogens (tertiary/aromatic N) is 1. The Morgan fingerprint density at radius 3 is 2.50 bits per heavy atom. The van der Waals surface area contributed by atoms with E-state index in [4.69, 9.17) is 14.0 Å². The summed E-state index contributed by atoms with van der Waals surface area (Å²) in [7, 11) is 3.22. The van der Waals surface area contributed by atoms with Crippen LogP contribution in [0, 0.1) is 3.57 Å². The van der Waals surface area contributed by atoms with E-state index in [9.17, 15) is 4.79 Å². The summed E-state index contributed by atoms with van der Waals surface area (Å²) in [6.07, 6.45) is 0. The second-order valence-corrected chi connectivity index (χ2v) is 6.56. The molecule has 0 bridgehead atoms. The number of aromatic nitrogens is 1. The molecule has 1 N–H and O–H groups in total. The van der Waals surface area contributed by atoms with Crippen LogP contribution in [0.4, 0.5) is 0 Å². The van der Waals surface area contributed by atoms with Crippen molar-refractivity contribution >= 4 is 28.5 Å². The number of halogens is 1. The van der Waals surface area contributed by atoms with Crippen LogP contribution < -0.4 is 14.8 Å². The molecule has 2 aromatic rings. The lowest BCUT2D eigenvalue weighted by Crippen LogP contribution is -2.23. The monoisotopic (exact) mass is 444 g/mol. The summed E-state index contributed by atoms with van der Waals surface area (Å²) in [5, 5.41) is 6.65. The molecule has 0 spiro atoms. The van der Waals surface area contributed by atoms with Crippen LogP contribution in [0.2, 0.25) is 0 Å². The molecule has 0 aliphatic heterocycles. The van der Waals surface area contributed by atoms with Crippen molar-refractivity contribution in [2.24, 2.45) is 0 Å². The first kappa shape index (κ1) is 18.6. The SMILES string of the molecule is CCNC(=O)c1noc(-c2cc(C(C)C)c(OC)cc2OC)c1I. The van der Waals surface area contributed by atoms with E-state index in [1.54, 1.807) is 14.2 Å². The van der Waals surface area contributed by atoms with Gasteiger partial charge >= 0.3 is 0 Å². The van der Waals surface area contributed by atoms with Gasteiger partial charge in [-0.05, 0) is 47.1 Å². The smallest absolute Gasteiger partial charge is 0.274 e. The number of rotatable bonds is 6. The van der Waals surface area contributed by atoms with Crippen molar-refractivity contribution in [3.8, 4) is 22.8 Å². The minimum absolute atomic E-state index is 0.256. The second kappa shape index (κ2) is 7.87. The van der Waals surface area contributed by atoms with Crippen LogP contribution in [0.1, 0.15) is 42.7 Å². The molecule has 0 saturated heterocycles. The van der Waals surface area contributed by atoms with E-state index in [0.29, 0.717) is 21.6 Å². The summed E-state index contributed by atoms with van der Waals surface area (Å²) in [5.74, 6) is 1.87. The Morgan fingerprint density at radius 2 is 1.96 bits per heavy atom. The molecule has 1 amide bonds. The first-order valence-electron chi connectivity index (χ1n) is 7.64. The Morgan fingerprint density at radius 1 is 1.29 bits per heavy atom. The maximum atomic E-state index is 12.1. The molecule has 1 aromatic carbocycles. The number of benzene rings is 1. The molecule has 7 heteroatoms. The Hall–Kier alpha value is -1.77. The highest BCUT2D eigenvalue weighted by Crippen LogP contribution is 2.41. The van der Waals surface area contributed by atoms with Gasteiger partial charge < -0.3 is 19.3 Å². The fraction of sp³-hybridized carbons (Fsp3) is 0.412. The topological polar surface area (TPSA) is 73.6 Å². The third-order valence-corrected chi connectivity index (χ3v) is 4.61. The highest BCUT2D eigenvalue weighted by molar-refractivity contribution is 14.1. The number of amides is 1. The molecule has 0 fully saturated rings. The quantitative estimate of drug-likeness (QED) is 0.686. The van der Waals surface area contributed by atoms with E-state index >= 15 is 0 Å². The fourth-order valence-corrected chi connectivity index (χ4v) is 3.12. The van der Waals surface area contributed by atoms with Gasteiger partial charge in [0.1, 0.15) is 11.5 Å². The normalized spacial score (nSPS) is 10.8. The number of nitrogens with one attached hydrogen (secondary N) is 1. The van der Waals surface area contributed by atoms with Crippen LogP contribution in [-0.2, 0) is 0 Å². The van der Waals surface area contributed by atoms with Crippen LogP contribution >= 0.6 is 22.6 Å². The minimum Gasteiger partial charge on any atom is -0.496 e. The van der Waals surface area contributed by atoms with E-state index in [1.165, 1.54) is 0 Å².